The number of carboxylic acids is 1. The minimum atomic E-state index is -0.995. The van der Waals surface area contributed by atoms with Crippen molar-refractivity contribution in [3.63, 3.8) is 0 Å². The number of rotatable bonds is 2. The van der Waals surface area contributed by atoms with Crippen molar-refractivity contribution in [1.29, 1.82) is 0 Å². The standard InChI is InChI=1S/C11H10BrClN2O3S/c12-9-6(13)2-1-3-7(9)14-11(18)15-5-19-4-8(15)10(16)17/h1-3,8H,4-5H2,(H,14,18)(H,16,17). The number of benzene rings is 1. The van der Waals surface area contributed by atoms with Gasteiger partial charge in [-0.3, -0.25) is 0 Å². The molecule has 0 radical (unpaired) electrons. The molecule has 1 aromatic carbocycles. The highest BCUT2D eigenvalue weighted by Crippen LogP contribution is 2.31. The molecule has 0 bridgehead atoms. The van der Waals surface area contributed by atoms with Crippen molar-refractivity contribution >= 4 is 57.0 Å². The van der Waals surface area contributed by atoms with E-state index < -0.39 is 18.0 Å². The summed E-state index contributed by atoms with van der Waals surface area (Å²) in [5.41, 5.74) is 0.513. The second kappa shape index (κ2) is 6.02. The van der Waals surface area contributed by atoms with Gasteiger partial charge in [-0.05, 0) is 28.1 Å². The van der Waals surface area contributed by atoms with Crippen LogP contribution in [0.2, 0.25) is 5.02 Å². The van der Waals surface area contributed by atoms with Gasteiger partial charge in [-0.25, -0.2) is 9.59 Å². The molecule has 5 nitrogen and oxygen atoms in total. The Hall–Kier alpha value is -0.920. The highest BCUT2D eigenvalue weighted by atomic mass is 79.9. The summed E-state index contributed by atoms with van der Waals surface area (Å²) in [6.07, 6.45) is 0. The number of aliphatic carboxylic acids is 1. The lowest BCUT2D eigenvalue weighted by Crippen LogP contribution is -2.44. The largest absolute Gasteiger partial charge is 0.480 e. The average molecular weight is 366 g/mol. The molecule has 1 saturated heterocycles. The topological polar surface area (TPSA) is 69.6 Å². The van der Waals surface area contributed by atoms with Crippen LogP contribution in [0.1, 0.15) is 0 Å². The zero-order valence-corrected chi connectivity index (χ0v) is 12.8. The summed E-state index contributed by atoms with van der Waals surface area (Å²) in [6, 6.07) is 3.85. The van der Waals surface area contributed by atoms with Crippen LogP contribution < -0.4 is 5.32 Å². The van der Waals surface area contributed by atoms with Gasteiger partial charge in [0, 0.05) is 5.75 Å². The molecule has 1 aliphatic rings. The fourth-order valence-electron chi connectivity index (χ4n) is 1.63. The number of carbonyl (C=O) groups excluding carboxylic acids is 1. The van der Waals surface area contributed by atoms with Gasteiger partial charge >= 0.3 is 12.0 Å². The maximum Gasteiger partial charge on any atom is 0.327 e. The van der Waals surface area contributed by atoms with Gasteiger partial charge in [0.15, 0.2) is 0 Å². The highest BCUT2D eigenvalue weighted by Gasteiger charge is 2.34. The van der Waals surface area contributed by atoms with Crippen LogP contribution in [0.3, 0.4) is 0 Å². The molecule has 2 amide bonds. The Morgan fingerprint density at radius 3 is 2.95 bits per heavy atom. The Balaban J connectivity index is 2.13. The molecule has 2 rings (SSSR count). The van der Waals surface area contributed by atoms with E-state index in [4.69, 9.17) is 16.7 Å². The van der Waals surface area contributed by atoms with Crippen molar-refractivity contribution in [3.05, 3.63) is 27.7 Å². The Morgan fingerprint density at radius 1 is 1.53 bits per heavy atom. The summed E-state index contributed by atoms with van der Waals surface area (Å²) < 4.78 is 0.573. The molecular weight excluding hydrogens is 356 g/mol. The van der Waals surface area contributed by atoms with Crippen LogP contribution in [0.4, 0.5) is 10.5 Å². The monoisotopic (exact) mass is 364 g/mol. The number of amides is 2. The maximum atomic E-state index is 12.1. The lowest BCUT2D eigenvalue weighted by molar-refractivity contribution is -0.140. The van der Waals surface area contributed by atoms with Crippen molar-refractivity contribution in [2.24, 2.45) is 0 Å². The van der Waals surface area contributed by atoms with E-state index in [0.717, 1.165) is 0 Å². The van der Waals surface area contributed by atoms with Gasteiger partial charge in [-0.2, -0.15) is 0 Å². The van der Waals surface area contributed by atoms with Gasteiger partial charge < -0.3 is 15.3 Å². The first-order valence-corrected chi connectivity index (χ1v) is 7.65. The van der Waals surface area contributed by atoms with Crippen molar-refractivity contribution in [1.82, 2.24) is 4.90 Å². The normalized spacial score (nSPS) is 18.4. The first-order valence-electron chi connectivity index (χ1n) is 5.33. The van der Waals surface area contributed by atoms with E-state index in [1.165, 1.54) is 16.7 Å². The Labute approximate surface area is 127 Å². The number of hydrogen-bond acceptors (Lipinski definition) is 3. The molecule has 0 aliphatic carbocycles. The van der Waals surface area contributed by atoms with E-state index in [0.29, 0.717) is 26.8 Å². The molecule has 0 aromatic heterocycles. The zero-order valence-electron chi connectivity index (χ0n) is 9.60. The molecule has 1 aromatic rings. The van der Waals surface area contributed by atoms with Gasteiger partial charge in [0.2, 0.25) is 0 Å². The second-order valence-electron chi connectivity index (χ2n) is 3.86. The molecule has 1 fully saturated rings. The summed E-state index contributed by atoms with van der Waals surface area (Å²) >= 11 is 10.6. The molecule has 1 aliphatic heterocycles. The van der Waals surface area contributed by atoms with E-state index in [-0.39, 0.29) is 0 Å². The molecular formula is C11H10BrClN2O3S. The number of thioether (sulfide) groups is 1. The predicted molar refractivity (Wildman–Crippen MR) is 78.8 cm³/mol. The minimum absolute atomic E-state index is 0.362. The van der Waals surface area contributed by atoms with Crippen LogP contribution in [0.5, 0.6) is 0 Å². The van der Waals surface area contributed by atoms with Crippen LogP contribution in [0.25, 0.3) is 0 Å². The quantitative estimate of drug-likeness (QED) is 0.845. The van der Waals surface area contributed by atoms with E-state index in [1.807, 2.05) is 0 Å². The average Bonchev–Trinajstić information content (AvgIpc) is 2.84. The number of hydrogen-bond donors (Lipinski definition) is 2. The van der Waals surface area contributed by atoms with Crippen LogP contribution in [-0.4, -0.2) is 39.7 Å². The molecule has 0 spiro atoms. The Morgan fingerprint density at radius 2 is 2.26 bits per heavy atom. The smallest absolute Gasteiger partial charge is 0.327 e. The lowest BCUT2D eigenvalue weighted by Gasteiger charge is -2.21. The predicted octanol–water partition coefficient (Wildman–Crippen LogP) is 3.09. The van der Waals surface area contributed by atoms with Crippen LogP contribution in [-0.2, 0) is 4.79 Å². The zero-order chi connectivity index (χ0) is 14.0. The Kier molecular flexibility index (Phi) is 4.59. The van der Waals surface area contributed by atoms with Crippen LogP contribution in [0.15, 0.2) is 22.7 Å². The number of carboxylic acid groups (broad SMARTS) is 1. The van der Waals surface area contributed by atoms with Gasteiger partial charge in [-0.15, -0.1) is 11.8 Å². The summed E-state index contributed by atoms with van der Waals surface area (Å²) in [5, 5.41) is 12.2. The molecule has 8 heteroatoms. The number of carbonyl (C=O) groups is 2. The fraction of sp³-hybridized carbons (Fsp3) is 0.273. The maximum absolute atomic E-state index is 12.1. The summed E-state index contributed by atoms with van der Waals surface area (Å²) in [6.45, 7) is 0. The molecule has 19 heavy (non-hydrogen) atoms. The molecule has 1 unspecified atom stereocenters. The van der Waals surface area contributed by atoms with E-state index in [9.17, 15) is 9.59 Å². The first kappa shape index (κ1) is 14.5. The minimum Gasteiger partial charge on any atom is -0.480 e. The third-order valence-electron chi connectivity index (χ3n) is 2.62. The van der Waals surface area contributed by atoms with Crippen LogP contribution in [0, 0.1) is 0 Å². The van der Waals surface area contributed by atoms with Gasteiger partial charge in [0.1, 0.15) is 6.04 Å². The fourth-order valence-corrected chi connectivity index (χ4v) is 3.32. The summed E-state index contributed by atoms with van der Waals surface area (Å²) in [4.78, 5) is 24.4. The van der Waals surface area contributed by atoms with Crippen molar-refractivity contribution in [2.45, 2.75) is 6.04 Å². The third-order valence-corrected chi connectivity index (χ3v) is 5.03. The molecule has 2 N–H and O–H groups in total. The van der Waals surface area contributed by atoms with Crippen molar-refractivity contribution in [3.8, 4) is 0 Å². The number of nitrogens with zero attached hydrogens (tertiary/aromatic N) is 1. The SMILES string of the molecule is O=C(O)C1CSCN1C(=O)Nc1cccc(Cl)c1Br. The first-order chi connectivity index (χ1) is 9.00. The van der Waals surface area contributed by atoms with Crippen molar-refractivity contribution < 1.29 is 14.7 Å². The Bertz CT molecular complexity index is 529. The molecule has 1 atom stereocenters. The van der Waals surface area contributed by atoms with Crippen molar-refractivity contribution in [2.75, 3.05) is 16.9 Å². The van der Waals surface area contributed by atoms with Gasteiger partial charge in [0.25, 0.3) is 0 Å². The number of anilines is 1. The third kappa shape index (κ3) is 3.16. The highest BCUT2D eigenvalue weighted by molar-refractivity contribution is 9.10. The lowest BCUT2D eigenvalue weighted by atomic mass is 10.3. The van der Waals surface area contributed by atoms with Crippen LogP contribution >= 0.6 is 39.3 Å². The van der Waals surface area contributed by atoms with E-state index in [2.05, 4.69) is 21.2 Å². The molecule has 1 heterocycles. The van der Waals surface area contributed by atoms with Gasteiger partial charge in [0.05, 0.1) is 21.1 Å². The second-order valence-corrected chi connectivity index (χ2v) is 6.06. The number of nitrogens with one attached hydrogen (secondary N) is 1. The van der Waals surface area contributed by atoms with Gasteiger partial charge in [-0.1, -0.05) is 17.7 Å². The molecule has 0 saturated carbocycles. The number of urea groups is 1. The van der Waals surface area contributed by atoms with E-state index >= 15 is 0 Å². The van der Waals surface area contributed by atoms with E-state index in [1.54, 1.807) is 18.2 Å². The summed E-state index contributed by atoms with van der Waals surface area (Å²) in [5.74, 6) is -0.231. The summed E-state index contributed by atoms with van der Waals surface area (Å²) in [7, 11) is 0. The molecule has 102 valence electrons. The number of halogens is 2.